The lowest BCUT2D eigenvalue weighted by atomic mass is 9.75. The Morgan fingerprint density at radius 2 is 2.26 bits per heavy atom. The zero-order chi connectivity index (χ0) is 13.9. The van der Waals surface area contributed by atoms with Gasteiger partial charge in [0.1, 0.15) is 5.82 Å². The number of thiocarbonyl (C=S) groups is 1. The van der Waals surface area contributed by atoms with Gasteiger partial charge in [0.2, 0.25) is 0 Å². The smallest absolute Gasteiger partial charge is 0.171 e. The van der Waals surface area contributed by atoms with Gasteiger partial charge in [-0.1, -0.05) is 20.3 Å². The quantitative estimate of drug-likeness (QED) is 0.726. The molecule has 1 aliphatic carbocycles. The average Bonchev–Trinajstić information content (AvgIpc) is 2.30. The molecule has 1 aromatic heterocycles. The molecule has 0 aliphatic heterocycles. The Morgan fingerprint density at radius 1 is 1.47 bits per heavy atom. The number of nitrogens with zero attached hydrogens (tertiary/aromatic N) is 1. The van der Waals surface area contributed by atoms with E-state index in [1.54, 1.807) is 12.3 Å². The van der Waals surface area contributed by atoms with Crippen LogP contribution in [0.25, 0.3) is 0 Å². The highest BCUT2D eigenvalue weighted by atomic mass is 32.1. The van der Waals surface area contributed by atoms with Gasteiger partial charge in [0, 0.05) is 6.04 Å². The molecule has 0 bridgehead atoms. The van der Waals surface area contributed by atoms with E-state index in [4.69, 9.17) is 18.0 Å². The van der Waals surface area contributed by atoms with Gasteiger partial charge in [-0.15, -0.1) is 0 Å². The Morgan fingerprint density at radius 3 is 2.89 bits per heavy atom. The van der Waals surface area contributed by atoms with Crippen molar-refractivity contribution in [2.75, 3.05) is 11.1 Å². The number of rotatable bonds is 2. The standard InChI is InChI=1S/C14H22N4S/c1-14(2)7-3-4-10(8-14)17-13(19)18-11-5-6-12(15)16-9-11/h5-6,9-10H,3-4,7-8H2,1-2H3,(H2,15,16)(H2,17,18,19)/t10-/m1/s1. The number of hydrogen-bond acceptors (Lipinski definition) is 3. The van der Waals surface area contributed by atoms with Crippen LogP contribution >= 0.6 is 12.2 Å². The van der Waals surface area contributed by atoms with Crippen LogP contribution in [0.2, 0.25) is 0 Å². The summed E-state index contributed by atoms with van der Waals surface area (Å²) < 4.78 is 0. The summed E-state index contributed by atoms with van der Waals surface area (Å²) in [6, 6.07) is 4.10. The van der Waals surface area contributed by atoms with Gasteiger partial charge in [0.05, 0.1) is 11.9 Å². The van der Waals surface area contributed by atoms with Gasteiger partial charge in [0.15, 0.2) is 5.11 Å². The first-order chi connectivity index (χ1) is 8.94. The van der Waals surface area contributed by atoms with Gasteiger partial charge in [-0.2, -0.15) is 0 Å². The zero-order valence-electron chi connectivity index (χ0n) is 11.6. The minimum Gasteiger partial charge on any atom is -0.384 e. The van der Waals surface area contributed by atoms with Gasteiger partial charge < -0.3 is 16.4 Å². The van der Waals surface area contributed by atoms with E-state index in [2.05, 4.69) is 29.5 Å². The molecule has 1 atom stereocenters. The van der Waals surface area contributed by atoms with E-state index in [1.807, 2.05) is 6.07 Å². The van der Waals surface area contributed by atoms with E-state index >= 15 is 0 Å². The lowest BCUT2D eigenvalue weighted by Crippen LogP contribution is -2.42. The normalized spacial score (nSPS) is 21.7. The first kappa shape index (κ1) is 14.1. The van der Waals surface area contributed by atoms with E-state index in [1.165, 1.54) is 19.3 Å². The monoisotopic (exact) mass is 278 g/mol. The molecule has 19 heavy (non-hydrogen) atoms. The summed E-state index contributed by atoms with van der Waals surface area (Å²) in [5.74, 6) is 0.512. The number of anilines is 2. The molecule has 0 aromatic carbocycles. The second-order valence-electron chi connectivity index (χ2n) is 6.03. The summed E-state index contributed by atoms with van der Waals surface area (Å²) in [6.07, 6.45) is 6.60. The molecule has 1 saturated carbocycles. The average molecular weight is 278 g/mol. The number of nitrogens with one attached hydrogen (secondary N) is 2. The molecule has 0 radical (unpaired) electrons. The van der Waals surface area contributed by atoms with Crippen molar-refractivity contribution >= 4 is 28.8 Å². The molecule has 1 aromatic rings. The summed E-state index contributed by atoms with van der Waals surface area (Å²) in [6.45, 7) is 4.64. The van der Waals surface area contributed by atoms with Crippen LogP contribution in [0.5, 0.6) is 0 Å². The van der Waals surface area contributed by atoms with Crippen LogP contribution < -0.4 is 16.4 Å². The van der Waals surface area contributed by atoms with E-state index in [-0.39, 0.29) is 0 Å². The van der Waals surface area contributed by atoms with Gasteiger partial charge in [0.25, 0.3) is 0 Å². The van der Waals surface area contributed by atoms with Crippen molar-refractivity contribution in [3.8, 4) is 0 Å². The van der Waals surface area contributed by atoms with Crippen LogP contribution in [0.4, 0.5) is 11.5 Å². The molecule has 1 heterocycles. The summed E-state index contributed by atoms with van der Waals surface area (Å²) in [5.41, 5.74) is 6.82. The second-order valence-corrected chi connectivity index (χ2v) is 6.44. The fourth-order valence-electron chi connectivity index (χ4n) is 2.65. The van der Waals surface area contributed by atoms with Gasteiger partial charge in [-0.3, -0.25) is 0 Å². The third kappa shape index (κ3) is 4.35. The first-order valence-electron chi connectivity index (χ1n) is 6.74. The Hall–Kier alpha value is -1.36. The highest BCUT2D eigenvalue weighted by Gasteiger charge is 2.28. The molecule has 104 valence electrons. The van der Waals surface area contributed by atoms with Crippen molar-refractivity contribution in [3.63, 3.8) is 0 Å². The maximum atomic E-state index is 5.55. The van der Waals surface area contributed by atoms with Crippen molar-refractivity contribution < 1.29 is 0 Å². The minimum atomic E-state index is 0.411. The molecular weight excluding hydrogens is 256 g/mol. The van der Waals surface area contributed by atoms with Gasteiger partial charge in [-0.25, -0.2) is 4.98 Å². The van der Waals surface area contributed by atoms with Crippen molar-refractivity contribution in [1.82, 2.24) is 10.3 Å². The SMILES string of the molecule is CC1(C)CCC[C@@H](NC(=S)Nc2ccc(N)nc2)C1. The van der Waals surface area contributed by atoms with Crippen LogP contribution in [0, 0.1) is 5.41 Å². The molecule has 4 N–H and O–H groups in total. The van der Waals surface area contributed by atoms with Crippen molar-refractivity contribution in [2.24, 2.45) is 5.41 Å². The van der Waals surface area contributed by atoms with E-state index in [9.17, 15) is 0 Å². The van der Waals surface area contributed by atoms with Crippen LogP contribution in [-0.2, 0) is 0 Å². The van der Waals surface area contributed by atoms with E-state index in [0.29, 0.717) is 22.4 Å². The Labute approximate surface area is 120 Å². The van der Waals surface area contributed by atoms with Crippen LogP contribution in [0.1, 0.15) is 39.5 Å². The molecule has 2 rings (SSSR count). The highest BCUT2D eigenvalue weighted by molar-refractivity contribution is 7.80. The molecule has 0 spiro atoms. The fraction of sp³-hybridized carbons (Fsp3) is 0.571. The molecule has 0 saturated heterocycles. The molecule has 1 aliphatic rings. The largest absolute Gasteiger partial charge is 0.384 e. The second kappa shape index (κ2) is 5.74. The number of hydrogen-bond donors (Lipinski definition) is 3. The third-order valence-corrected chi connectivity index (χ3v) is 3.80. The van der Waals surface area contributed by atoms with Gasteiger partial charge >= 0.3 is 0 Å². The number of aromatic nitrogens is 1. The fourth-order valence-corrected chi connectivity index (χ4v) is 2.94. The Kier molecular flexibility index (Phi) is 4.24. The van der Waals surface area contributed by atoms with Crippen LogP contribution in [0.3, 0.4) is 0 Å². The highest BCUT2D eigenvalue weighted by Crippen LogP contribution is 2.35. The summed E-state index contributed by atoms with van der Waals surface area (Å²) in [4.78, 5) is 4.03. The lowest BCUT2D eigenvalue weighted by molar-refractivity contribution is 0.211. The predicted molar refractivity (Wildman–Crippen MR) is 84.0 cm³/mol. The van der Waals surface area contributed by atoms with Crippen LogP contribution in [-0.4, -0.2) is 16.1 Å². The third-order valence-electron chi connectivity index (χ3n) is 3.58. The molecule has 0 unspecified atom stereocenters. The first-order valence-corrected chi connectivity index (χ1v) is 7.14. The van der Waals surface area contributed by atoms with E-state index in [0.717, 1.165) is 12.1 Å². The number of nitrogen functional groups attached to an aromatic ring is 1. The Bertz CT molecular complexity index is 441. The molecule has 0 amide bonds. The summed E-state index contributed by atoms with van der Waals surface area (Å²) in [7, 11) is 0. The van der Waals surface area contributed by atoms with Crippen molar-refractivity contribution in [3.05, 3.63) is 18.3 Å². The van der Waals surface area contributed by atoms with Gasteiger partial charge in [-0.05, 0) is 49.0 Å². The lowest BCUT2D eigenvalue weighted by Gasteiger charge is -2.36. The molecular formula is C14H22N4S. The topological polar surface area (TPSA) is 63.0 Å². The molecule has 4 nitrogen and oxygen atoms in total. The summed E-state index contributed by atoms with van der Waals surface area (Å²) in [5, 5.41) is 7.21. The van der Waals surface area contributed by atoms with Crippen molar-refractivity contribution in [2.45, 2.75) is 45.6 Å². The predicted octanol–water partition coefficient (Wildman–Crippen LogP) is 2.92. The molecule has 1 fully saturated rings. The number of pyridine rings is 1. The Balaban J connectivity index is 1.85. The maximum absolute atomic E-state index is 5.55. The summed E-state index contributed by atoms with van der Waals surface area (Å²) >= 11 is 5.34. The number of nitrogens with two attached hydrogens (primary N) is 1. The maximum Gasteiger partial charge on any atom is 0.171 e. The van der Waals surface area contributed by atoms with E-state index < -0.39 is 0 Å². The minimum absolute atomic E-state index is 0.411. The zero-order valence-corrected chi connectivity index (χ0v) is 12.4. The molecule has 5 heteroatoms. The van der Waals surface area contributed by atoms with Crippen LogP contribution in [0.15, 0.2) is 18.3 Å². The van der Waals surface area contributed by atoms with Crippen molar-refractivity contribution in [1.29, 1.82) is 0 Å².